The van der Waals surface area contributed by atoms with Gasteiger partial charge in [0.15, 0.2) is 5.96 Å². The van der Waals surface area contributed by atoms with Crippen LogP contribution in [0.1, 0.15) is 57.6 Å². The SMILES string of the molecule is CCCC(CCO)CN=C(NCCc1ccco1)NC1CCCC1.I. The summed E-state index contributed by atoms with van der Waals surface area (Å²) in [4.78, 5) is 4.80. The topological polar surface area (TPSA) is 69.8 Å². The van der Waals surface area contributed by atoms with Gasteiger partial charge >= 0.3 is 0 Å². The molecule has 6 heteroatoms. The van der Waals surface area contributed by atoms with Crippen LogP contribution in [0.4, 0.5) is 0 Å². The highest BCUT2D eigenvalue weighted by atomic mass is 127. The maximum Gasteiger partial charge on any atom is 0.191 e. The molecule has 1 atom stereocenters. The van der Waals surface area contributed by atoms with Crippen LogP contribution in [-0.2, 0) is 6.42 Å². The number of aliphatic imine (C=N–C) groups is 1. The van der Waals surface area contributed by atoms with E-state index in [4.69, 9.17) is 9.41 Å². The number of halogens is 1. The van der Waals surface area contributed by atoms with Gasteiger partial charge in [0.2, 0.25) is 0 Å². The van der Waals surface area contributed by atoms with E-state index in [0.717, 1.165) is 50.5 Å². The fraction of sp³-hybridized carbons (Fsp3) is 0.737. The Hall–Kier alpha value is -0.760. The lowest BCUT2D eigenvalue weighted by Crippen LogP contribution is -2.43. The summed E-state index contributed by atoms with van der Waals surface area (Å²) in [5, 5.41) is 16.2. The van der Waals surface area contributed by atoms with Crippen molar-refractivity contribution in [2.75, 3.05) is 19.7 Å². The van der Waals surface area contributed by atoms with Crippen molar-refractivity contribution < 1.29 is 9.52 Å². The summed E-state index contributed by atoms with van der Waals surface area (Å²) < 4.78 is 5.38. The zero-order chi connectivity index (χ0) is 17.0. The molecule has 0 aliphatic heterocycles. The van der Waals surface area contributed by atoms with Gasteiger partial charge in [0, 0.05) is 32.2 Å². The molecule has 144 valence electrons. The van der Waals surface area contributed by atoms with Crippen LogP contribution in [0.3, 0.4) is 0 Å². The highest BCUT2D eigenvalue weighted by molar-refractivity contribution is 14.0. The molecule has 2 rings (SSSR count). The molecule has 1 aromatic rings. The van der Waals surface area contributed by atoms with E-state index in [2.05, 4.69) is 17.6 Å². The van der Waals surface area contributed by atoms with Crippen molar-refractivity contribution >= 4 is 29.9 Å². The number of rotatable bonds is 10. The smallest absolute Gasteiger partial charge is 0.191 e. The fourth-order valence-electron chi connectivity index (χ4n) is 3.31. The van der Waals surface area contributed by atoms with Crippen molar-refractivity contribution in [1.29, 1.82) is 0 Å². The van der Waals surface area contributed by atoms with Gasteiger partial charge in [-0.2, -0.15) is 0 Å². The zero-order valence-corrected chi connectivity index (χ0v) is 17.7. The number of nitrogens with one attached hydrogen (secondary N) is 2. The Bertz CT molecular complexity index is 453. The Balaban J connectivity index is 0.00000312. The van der Waals surface area contributed by atoms with Crippen molar-refractivity contribution in [3.05, 3.63) is 24.2 Å². The molecule has 1 aliphatic carbocycles. The van der Waals surface area contributed by atoms with Crippen molar-refractivity contribution in [1.82, 2.24) is 10.6 Å². The molecule has 1 fully saturated rings. The van der Waals surface area contributed by atoms with E-state index in [-0.39, 0.29) is 30.6 Å². The van der Waals surface area contributed by atoms with E-state index in [0.29, 0.717) is 12.0 Å². The van der Waals surface area contributed by atoms with Gasteiger partial charge in [0.05, 0.1) is 6.26 Å². The summed E-state index contributed by atoms with van der Waals surface area (Å²) in [5.41, 5.74) is 0. The number of hydrogen-bond acceptors (Lipinski definition) is 3. The van der Waals surface area contributed by atoms with Gasteiger partial charge in [-0.1, -0.05) is 26.2 Å². The van der Waals surface area contributed by atoms with Gasteiger partial charge in [-0.25, -0.2) is 0 Å². The lowest BCUT2D eigenvalue weighted by atomic mass is 10.0. The first-order chi connectivity index (χ1) is 11.8. The average molecular weight is 463 g/mol. The van der Waals surface area contributed by atoms with E-state index in [1.165, 1.54) is 25.7 Å². The summed E-state index contributed by atoms with van der Waals surface area (Å²) in [6.07, 6.45) is 10.7. The third-order valence-corrected chi connectivity index (χ3v) is 4.68. The molecule has 5 nitrogen and oxygen atoms in total. The second-order valence-electron chi connectivity index (χ2n) is 6.74. The normalized spacial score (nSPS) is 16.5. The molecule has 1 saturated carbocycles. The van der Waals surface area contributed by atoms with Crippen LogP contribution in [-0.4, -0.2) is 36.8 Å². The first-order valence-corrected chi connectivity index (χ1v) is 9.50. The minimum absolute atomic E-state index is 0. The summed E-state index contributed by atoms with van der Waals surface area (Å²) in [6.45, 7) is 4.02. The Kier molecular flexibility index (Phi) is 12.0. The van der Waals surface area contributed by atoms with Crippen LogP contribution >= 0.6 is 24.0 Å². The van der Waals surface area contributed by atoms with Gasteiger partial charge in [-0.3, -0.25) is 4.99 Å². The number of guanidine groups is 1. The quantitative estimate of drug-likeness (QED) is 0.281. The molecule has 1 unspecified atom stereocenters. The summed E-state index contributed by atoms with van der Waals surface area (Å²) in [5.74, 6) is 2.37. The maximum absolute atomic E-state index is 9.22. The van der Waals surface area contributed by atoms with Crippen LogP contribution in [0, 0.1) is 5.92 Å². The molecular weight excluding hydrogens is 429 g/mol. The summed E-state index contributed by atoms with van der Waals surface area (Å²) in [7, 11) is 0. The Labute approximate surface area is 169 Å². The standard InChI is InChI=1S/C19H33N3O2.HI/c1-2-6-16(11-13-23)15-21-19(22-17-7-3-4-8-17)20-12-10-18-9-5-14-24-18;/h5,9,14,16-17,23H,2-4,6-8,10-13,15H2,1H3,(H2,20,21,22);1H. The lowest BCUT2D eigenvalue weighted by molar-refractivity contribution is 0.253. The van der Waals surface area contributed by atoms with Gasteiger partial charge in [-0.15, -0.1) is 24.0 Å². The minimum atomic E-state index is 0. The molecule has 0 bridgehead atoms. The first-order valence-electron chi connectivity index (χ1n) is 9.50. The van der Waals surface area contributed by atoms with Crippen molar-refractivity contribution in [2.45, 2.75) is 64.3 Å². The largest absolute Gasteiger partial charge is 0.469 e. The number of furan rings is 1. The van der Waals surface area contributed by atoms with Gasteiger partial charge < -0.3 is 20.2 Å². The molecule has 0 aromatic carbocycles. The molecule has 1 aliphatic rings. The van der Waals surface area contributed by atoms with E-state index < -0.39 is 0 Å². The van der Waals surface area contributed by atoms with E-state index in [9.17, 15) is 5.11 Å². The first kappa shape index (κ1) is 22.3. The molecular formula is C19H34IN3O2. The maximum atomic E-state index is 9.22. The third-order valence-electron chi connectivity index (χ3n) is 4.68. The van der Waals surface area contributed by atoms with E-state index in [1.807, 2.05) is 12.1 Å². The monoisotopic (exact) mass is 463 g/mol. The number of aliphatic hydroxyl groups excluding tert-OH is 1. The van der Waals surface area contributed by atoms with Crippen molar-refractivity contribution in [2.24, 2.45) is 10.9 Å². The van der Waals surface area contributed by atoms with Gasteiger partial charge in [0.25, 0.3) is 0 Å². The lowest BCUT2D eigenvalue weighted by Gasteiger charge is -2.19. The Morgan fingerprint density at radius 3 is 2.80 bits per heavy atom. The molecule has 0 spiro atoms. The Morgan fingerprint density at radius 1 is 1.36 bits per heavy atom. The summed E-state index contributed by atoms with van der Waals surface area (Å²) >= 11 is 0. The highest BCUT2D eigenvalue weighted by Crippen LogP contribution is 2.17. The number of aliphatic hydroxyl groups is 1. The third kappa shape index (κ3) is 8.94. The highest BCUT2D eigenvalue weighted by Gasteiger charge is 2.16. The molecule has 3 N–H and O–H groups in total. The van der Waals surface area contributed by atoms with Crippen molar-refractivity contribution in [3.63, 3.8) is 0 Å². The molecule has 1 heterocycles. The minimum Gasteiger partial charge on any atom is -0.469 e. The molecule has 1 aromatic heterocycles. The van der Waals surface area contributed by atoms with Crippen LogP contribution < -0.4 is 10.6 Å². The predicted octanol–water partition coefficient (Wildman–Crippen LogP) is 3.72. The molecule has 25 heavy (non-hydrogen) atoms. The summed E-state index contributed by atoms with van der Waals surface area (Å²) in [6, 6.07) is 4.47. The van der Waals surface area contributed by atoms with Crippen LogP contribution in [0.5, 0.6) is 0 Å². The molecule has 0 saturated heterocycles. The molecule has 0 amide bonds. The second-order valence-corrected chi connectivity index (χ2v) is 6.74. The number of nitrogens with zero attached hydrogens (tertiary/aromatic N) is 1. The second kappa shape index (κ2) is 13.4. The van der Waals surface area contributed by atoms with Gasteiger partial charge in [-0.05, 0) is 43.7 Å². The fourth-order valence-corrected chi connectivity index (χ4v) is 3.31. The van der Waals surface area contributed by atoms with Gasteiger partial charge in [0.1, 0.15) is 5.76 Å². The van der Waals surface area contributed by atoms with Crippen molar-refractivity contribution in [3.8, 4) is 0 Å². The number of hydrogen-bond donors (Lipinski definition) is 3. The van der Waals surface area contributed by atoms with Crippen LogP contribution in [0.15, 0.2) is 27.8 Å². The van der Waals surface area contributed by atoms with E-state index >= 15 is 0 Å². The zero-order valence-electron chi connectivity index (χ0n) is 15.4. The predicted molar refractivity (Wildman–Crippen MR) is 114 cm³/mol. The Morgan fingerprint density at radius 2 is 2.16 bits per heavy atom. The van der Waals surface area contributed by atoms with Crippen LogP contribution in [0.25, 0.3) is 0 Å². The molecule has 0 radical (unpaired) electrons. The average Bonchev–Trinajstić information content (AvgIpc) is 3.26. The van der Waals surface area contributed by atoms with Crippen LogP contribution in [0.2, 0.25) is 0 Å². The van der Waals surface area contributed by atoms with E-state index in [1.54, 1.807) is 6.26 Å².